The molecule has 0 saturated heterocycles. The van der Waals surface area contributed by atoms with Crippen LogP contribution in [0.3, 0.4) is 0 Å². The van der Waals surface area contributed by atoms with Gasteiger partial charge in [-0.2, -0.15) is 0 Å². The first kappa shape index (κ1) is 16.9. The average Bonchev–Trinajstić information content (AvgIpc) is 2.40. The number of ether oxygens (including phenoxy) is 1. The summed E-state index contributed by atoms with van der Waals surface area (Å²) in [6.07, 6.45) is 7.00. The molecule has 1 aliphatic rings. The third-order valence-electron chi connectivity index (χ3n) is 5.01. The van der Waals surface area contributed by atoms with E-state index < -0.39 is 0 Å². The van der Waals surface area contributed by atoms with E-state index in [4.69, 9.17) is 4.74 Å². The molecule has 0 bridgehead atoms. The van der Waals surface area contributed by atoms with Gasteiger partial charge in [-0.3, -0.25) is 0 Å². The molecule has 0 heterocycles. The lowest BCUT2D eigenvalue weighted by Gasteiger charge is -2.39. The predicted molar refractivity (Wildman–Crippen MR) is 80.3 cm³/mol. The van der Waals surface area contributed by atoms with Crippen molar-refractivity contribution in [2.45, 2.75) is 71.4 Å². The maximum atomic E-state index is 9.59. The van der Waals surface area contributed by atoms with E-state index in [2.05, 4.69) is 26.1 Å². The Labute approximate surface area is 119 Å². The summed E-state index contributed by atoms with van der Waals surface area (Å²) in [4.78, 5) is 0. The normalized spacial score (nSPS) is 26.4. The molecule has 0 aromatic rings. The quantitative estimate of drug-likeness (QED) is 0.713. The van der Waals surface area contributed by atoms with Gasteiger partial charge in [-0.05, 0) is 50.0 Å². The Kier molecular flexibility index (Phi) is 7.33. The van der Waals surface area contributed by atoms with E-state index in [1.165, 1.54) is 32.1 Å². The third-order valence-corrected chi connectivity index (χ3v) is 5.01. The zero-order valence-corrected chi connectivity index (χ0v) is 13.2. The van der Waals surface area contributed by atoms with Crippen LogP contribution in [0.15, 0.2) is 0 Å². The Morgan fingerprint density at radius 3 is 2.42 bits per heavy atom. The number of hydrogen-bond acceptors (Lipinski definition) is 3. The van der Waals surface area contributed by atoms with Crippen molar-refractivity contribution in [1.29, 1.82) is 0 Å². The third kappa shape index (κ3) is 5.80. The van der Waals surface area contributed by atoms with Gasteiger partial charge in [-0.15, -0.1) is 0 Å². The molecular weight excluding hydrogens is 238 g/mol. The van der Waals surface area contributed by atoms with Crippen LogP contribution in [0.25, 0.3) is 0 Å². The fourth-order valence-electron chi connectivity index (χ4n) is 3.10. The molecule has 1 atom stereocenters. The zero-order valence-electron chi connectivity index (χ0n) is 13.2. The molecule has 3 heteroatoms. The summed E-state index contributed by atoms with van der Waals surface area (Å²) in [7, 11) is 1.63. The van der Waals surface area contributed by atoms with Crippen LogP contribution in [0.4, 0.5) is 0 Å². The van der Waals surface area contributed by atoms with Crippen LogP contribution in [-0.2, 0) is 4.74 Å². The number of methoxy groups -OCH3 is 1. The largest absolute Gasteiger partial charge is 0.391 e. The Balaban J connectivity index is 2.17. The van der Waals surface area contributed by atoms with Gasteiger partial charge in [-0.25, -0.2) is 0 Å². The van der Waals surface area contributed by atoms with Gasteiger partial charge in [0.15, 0.2) is 0 Å². The lowest BCUT2D eigenvalue weighted by atomic mass is 9.69. The molecule has 0 radical (unpaired) electrons. The van der Waals surface area contributed by atoms with E-state index in [1.54, 1.807) is 7.11 Å². The van der Waals surface area contributed by atoms with Gasteiger partial charge in [0, 0.05) is 13.2 Å². The molecule has 0 aliphatic heterocycles. The molecule has 114 valence electrons. The van der Waals surface area contributed by atoms with Crippen molar-refractivity contribution in [1.82, 2.24) is 5.32 Å². The summed E-state index contributed by atoms with van der Waals surface area (Å²) >= 11 is 0. The number of hydrogen-bond donors (Lipinski definition) is 2. The molecular formula is C16H33NO2. The first-order chi connectivity index (χ1) is 8.99. The number of aliphatic hydroxyl groups is 1. The minimum absolute atomic E-state index is 0.326. The second kappa shape index (κ2) is 8.23. The highest BCUT2D eigenvalue weighted by atomic mass is 16.5. The van der Waals surface area contributed by atoms with Gasteiger partial charge in [-0.1, -0.05) is 27.2 Å². The van der Waals surface area contributed by atoms with Crippen LogP contribution in [0.5, 0.6) is 0 Å². The zero-order chi connectivity index (χ0) is 14.3. The maximum absolute atomic E-state index is 9.59. The lowest BCUT2D eigenvalue weighted by Crippen LogP contribution is -2.38. The van der Waals surface area contributed by atoms with E-state index in [0.29, 0.717) is 18.1 Å². The molecule has 1 unspecified atom stereocenters. The molecule has 1 fully saturated rings. The van der Waals surface area contributed by atoms with Crippen molar-refractivity contribution in [2.75, 3.05) is 20.3 Å². The van der Waals surface area contributed by atoms with Gasteiger partial charge in [0.25, 0.3) is 0 Å². The van der Waals surface area contributed by atoms with Gasteiger partial charge >= 0.3 is 0 Å². The van der Waals surface area contributed by atoms with Crippen molar-refractivity contribution in [2.24, 2.45) is 11.3 Å². The monoisotopic (exact) mass is 271 g/mol. The molecule has 1 aliphatic carbocycles. The fraction of sp³-hybridized carbons (Fsp3) is 1.00. The standard InChI is InChI=1S/C16H33NO2/c1-5-16(2,3)13-6-8-14(9-7-13)17-11-10-15(18)12-19-4/h13-15,17-18H,5-12H2,1-4H3. The first-order valence-corrected chi connectivity index (χ1v) is 7.90. The van der Waals surface area contributed by atoms with Gasteiger partial charge in [0.05, 0.1) is 12.7 Å². The smallest absolute Gasteiger partial charge is 0.0785 e. The van der Waals surface area contributed by atoms with E-state index in [-0.39, 0.29) is 6.10 Å². The van der Waals surface area contributed by atoms with Crippen molar-refractivity contribution in [3.05, 3.63) is 0 Å². The van der Waals surface area contributed by atoms with Gasteiger partial charge < -0.3 is 15.2 Å². The summed E-state index contributed by atoms with van der Waals surface area (Å²) in [5, 5.41) is 13.2. The summed E-state index contributed by atoms with van der Waals surface area (Å²) in [5.74, 6) is 0.884. The Morgan fingerprint density at radius 2 is 1.89 bits per heavy atom. The van der Waals surface area contributed by atoms with Crippen LogP contribution in [0.2, 0.25) is 0 Å². The minimum atomic E-state index is -0.326. The predicted octanol–water partition coefficient (Wildman–Crippen LogP) is 2.97. The molecule has 19 heavy (non-hydrogen) atoms. The minimum Gasteiger partial charge on any atom is -0.391 e. The van der Waals surface area contributed by atoms with Crippen molar-refractivity contribution < 1.29 is 9.84 Å². The van der Waals surface area contributed by atoms with Gasteiger partial charge in [0.1, 0.15) is 0 Å². The van der Waals surface area contributed by atoms with Crippen LogP contribution in [0, 0.1) is 11.3 Å². The van der Waals surface area contributed by atoms with E-state index in [9.17, 15) is 5.11 Å². The van der Waals surface area contributed by atoms with Crippen molar-refractivity contribution in [3.63, 3.8) is 0 Å². The molecule has 0 aromatic heterocycles. The molecule has 1 rings (SSSR count). The molecule has 0 spiro atoms. The van der Waals surface area contributed by atoms with Crippen LogP contribution in [0.1, 0.15) is 59.3 Å². The molecule has 1 saturated carbocycles. The summed E-state index contributed by atoms with van der Waals surface area (Å²) < 4.78 is 4.93. The summed E-state index contributed by atoms with van der Waals surface area (Å²) in [6.45, 7) is 8.47. The van der Waals surface area contributed by atoms with E-state index >= 15 is 0 Å². The van der Waals surface area contributed by atoms with Crippen molar-refractivity contribution in [3.8, 4) is 0 Å². The van der Waals surface area contributed by atoms with Crippen molar-refractivity contribution >= 4 is 0 Å². The molecule has 0 aromatic carbocycles. The lowest BCUT2D eigenvalue weighted by molar-refractivity contribution is 0.0581. The highest BCUT2D eigenvalue weighted by Crippen LogP contribution is 2.40. The van der Waals surface area contributed by atoms with E-state index in [0.717, 1.165) is 18.9 Å². The number of aliphatic hydroxyl groups excluding tert-OH is 1. The topological polar surface area (TPSA) is 41.5 Å². The summed E-state index contributed by atoms with van der Waals surface area (Å²) in [6, 6.07) is 0.652. The van der Waals surface area contributed by atoms with Gasteiger partial charge in [0.2, 0.25) is 0 Å². The second-order valence-electron chi connectivity index (χ2n) is 6.74. The highest BCUT2D eigenvalue weighted by Gasteiger charge is 2.31. The fourth-order valence-corrected chi connectivity index (χ4v) is 3.10. The summed E-state index contributed by atoms with van der Waals surface area (Å²) in [5.41, 5.74) is 0.500. The van der Waals surface area contributed by atoms with Crippen LogP contribution < -0.4 is 5.32 Å². The molecule has 3 nitrogen and oxygen atoms in total. The number of nitrogens with one attached hydrogen (secondary N) is 1. The Hall–Kier alpha value is -0.120. The van der Waals surface area contributed by atoms with Crippen LogP contribution in [-0.4, -0.2) is 37.5 Å². The molecule has 2 N–H and O–H groups in total. The van der Waals surface area contributed by atoms with E-state index in [1.807, 2.05) is 0 Å². The second-order valence-corrected chi connectivity index (χ2v) is 6.74. The average molecular weight is 271 g/mol. The Morgan fingerprint density at radius 1 is 1.26 bits per heavy atom. The first-order valence-electron chi connectivity index (χ1n) is 7.90. The highest BCUT2D eigenvalue weighted by molar-refractivity contribution is 4.84. The maximum Gasteiger partial charge on any atom is 0.0785 e. The SMILES string of the molecule is CCC(C)(C)C1CCC(NCCC(O)COC)CC1. The van der Waals surface area contributed by atoms with Crippen LogP contribution >= 0.6 is 0 Å². The molecule has 0 amide bonds. The Bertz CT molecular complexity index is 235. The number of rotatable bonds is 8.